The van der Waals surface area contributed by atoms with Gasteiger partial charge in [0, 0.05) is 12.1 Å². The number of carbonyl (C=O) groups is 1. The summed E-state index contributed by atoms with van der Waals surface area (Å²) >= 11 is 0. The maximum Gasteiger partial charge on any atom is 0.407 e. The van der Waals surface area contributed by atoms with Crippen LogP contribution >= 0.6 is 0 Å². The first-order chi connectivity index (χ1) is 15.2. The van der Waals surface area contributed by atoms with Gasteiger partial charge in [-0.2, -0.15) is 0 Å². The Labute approximate surface area is 178 Å². The Bertz CT molecular complexity index is 1300. The lowest BCUT2D eigenvalue weighted by molar-refractivity contribution is 0.144. The molecule has 2 heterocycles. The fourth-order valence-electron chi connectivity index (χ4n) is 3.99. The summed E-state index contributed by atoms with van der Waals surface area (Å²) in [6.07, 6.45) is 2.61. The molecule has 4 aromatic rings. The van der Waals surface area contributed by atoms with Crippen LogP contribution < -0.4 is 11.1 Å². The summed E-state index contributed by atoms with van der Waals surface area (Å²) in [4.78, 5) is 23.3. The molecule has 0 radical (unpaired) electrons. The Balaban J connectivity index is 1.21. The summed E-state index contributed by atoms with van der Waals surface area (Å²) in [7, 11) is 0. The summed E-state index contributed by atoms with van der Waals surface area (Å²) < 4.78 is 5.50. The smallest absolute Gasteiger partial charge is 0.407 e. The summed E-state index contributed by atoms with van der Waals surface area (Å²) in [6, 6.07) is 16.5. The fourth-order valence-corrected chi connectivity index (χ4v) is 3.99. The molecule has 0 fully saturated rings. The molecule has 0 aliphatic heterocycles. The molecule has 7 nitrogen and oxygen atoms in total. The molecule has 0 bridgehead atoms. The number of nitrogens with two attached hydrogens (primary N) is 1. The van der Waals surface area contributed by atoms with Gasteiger partial charge in [-0.05, 0) is 22.3 Å². The highest BCUT2D eigenvalue weighted by atomic mass is 16.5. The van der Waals surface area contributed by atoms with Gasteiger partial charge >= 0.3 is 6.09 Å². The highest BCUT2D eigenvalue weighted by Crippen LogP contribution is 2.44. The van der Waals surface area contributed by atoms with Gasteiger partial charge in [0.05, 0.1) is 17.5 Å². The van der Waals surface area contributed by atoms with E-state index in [9.17, 15) is 4.79 Å². The highest BCUT2D eigenvalue weighted by molar-refractivity contribution is 5.91. The molecule has 1 aliphatic rings. The van der Waals surface area contributed by atoms with E-state index in [0.29, 0.717) is 22.4 Å². The van der Waals surface area contributed by atoms with E-state index in [-0.39, 0.29) is 19.1 Å². The van der Waals surface area contributed by atoms with Crippen molar-refractivity contribution in [3.8, 4) is 23.0 Å². The third kappa shape index (κ3) is 3.45. The predicted octanol–water partition coefficient (Wildman–Crippen LogP) is 3.43. The molecule has 2 aromatic carbocycles. The second kappa shape index (κ2) is 7.84. The molecular weight excluding hydrogens is 390 g/mol. The lowest BCUT2D eigenvalue weighted by Crippen LogP contribution is -2.26. The zero-order chi connectivity index (χ0) is 21.2. The van der Waals surface area contributed by atoms with Gasteiger partial charge < -0.3 is 20.8 Å². The third-order valence-electron chi connectivity index (χ3n) is 5.39. The first-order valence-electron chi connectivity index (χ1n) is 9.87. The number of carbonyl (C=O) groups excluding carboxylic acids is 1. The van der Waals surface area contributed by atoms with Crippen molar-refractivity contribution in [3.05, 3.63) is 77.7 Å². The van der Waals surface area contributed by atoms with Crippen molar-refractivity contribution in [2.75, 3.05) is 18.9 Å². The van der Waals surface area contributed by atoms with E-state index in [1.807, 2.05) is 24.3 Å². The molecule has 2 aromatic heterocycles. The topological polar surface area (TPSA) is 106 Å². The van der Waals surface area contributed by atoms with Crippen molar-refractivity contribution in [2.24, 2.45) is 0 Å². The van der Waals surface area contributed by atoms with E-state index in [0.717, 1.165) is 0 Å². The number of fused-ring (bicyclic) bond motifs is 4. The second-order valence-electron chi connectivity index (χ2n) is 7.17. The van der Waals surface area contributed by atoms with E-state index in [2.05, 4.69) is 56.4 Å². The number of nitrogen functional groups attached to an aromatic ring is 1. The monoisotopic (exact) mass is 409 g/mol. The Hall–Kier alpha value is -4.31. The van der Waals surface area contributed by atoms with Crippen LogP contribution in [0.25, 0.3) is 22.2 Å². The number of amides is 1. The molecule has 152 valence electrons. The zero-order valence-corrected chi connectivity index (χ0v) is 16.6. The van der Waals surface area contributed by atoms with Gasteiger partial charge in [0.2, 0.25) is 0 Å². The van der Waals surface area contributed by atoms with Crippen molar-refractivity contribution < 1.29 is 9.53 Å². The lowest BCUT2D eigenvalue weighted by Gasteiger charge is -2.14. The standard InChI is InChI=1S/C24H19N5O2/c25-22-21-15(12-27-23(21)29-14-28-22)6-5-11-26-24(30)31-13-20-18-9-3-1-7-16(18)17-8-2-4-10-19(17)20/h1-4,7-10,12,14,20H,11,13H2,(H,26,30)(H3,25,27,28,29). The molecule has 0 atom stereocenters. The van der Waals surface area contributed by atoms with E-state index >= 15 is 0 Å². The van der Waals surface area contributed by atoms with E-state index in [1.165, 1.54) is 28.6 Å². The second-order valence-corrected chi connectivity index (χ2v) is 7.17. The van der Waals surface area contributed by atoms with Gasteiger partial charge in [0.25, 0.3) is 0 Å². The molecule has 5 rings (SSSR count). The maximum atomic E-state index is 12.2. The SMILES string of the molecule is Nc1ncnc2[nH]cc(C#CCNC(=O)OCC3c4ccccc4-c4ccccc43)c12. The molecule has 0 unspecified atom stereocenters. The van der Waals surface area contributed by atoms with Gasteiger partial charge in [-0.25, -0.2) is 14.8 Å². The first kappa shape index (κ1) is 18.7. The van der Waals surface area contributed by atoms with Gasteiger partial charge in [0.15, 0.2) is 0 Å². The maximum absolute atomic E-state index is 12.2. The summed E-state index contributed by atoms with van der Waals surface area (Å²) in [5, 5.41) is 3.35. The molecule has 7 heteroatoms. The van der Waals surface area contributed by atoms with Crippen LogP contribution in [0, 0.1) is 11.8 Å². The molecule has 0 saturated heterocycles. The average molecular weight is 409 g/mol. The molecule has 31 heavy (non-hydrogen) atoms. The molecule has 0 spiro atoms. The van der Waals surface area contributed by atoms with Crippen molar-refractivity contribution in [2.45, 2.75) is 5.92 Å². The minimum Gasteiger partial charge on any atom is -0.449 e. The number of hydrogen-bond donors (Lipinski definition) is 3. The Morgan fingerprint density at radius 3 is 2.55 bits per heavy atom. The predicted molar refractivity (Wildman–Crippen MR) is 118 cm³/mol. The van der Waals surface area contributed by atoms with Crippen LogP contribution in [0.3, 0.4) is 0 Å². The van der Waals surface area contributed by atoms with E-state index in [4.69, 9.17) is 10.5 Å². The fraction of sp³-hybridized carbons (Fsp3) is 0.125. The summed E-state index contributed by atoms with van der Waals surface area (Å²) in [6.45, 7) is 0.417. The number of ether oxygens (including phenoxy) is 1. The number of hydrogen-bond acceptors (Lipinski definition) is 5. The summed E-state index contributed by atoms with van der Waals surface area (Å²) in [5.41, 5.74) is 11.9. The normalized spacial score (nSPS) is 12.0. The quantitative estimate of drug-likeness (QED) is 0.450. The third-order valence-corrected chi connectivity index (χ3v) is 5.39. The molecular formula is C24H19N5O2. The van der Waals surface area contributed by atoms with Gasteiger partial charge in [-0.1, -0.05) is 60.4 Å². The molecule has 1 aliphatic carbocycles. The zero-order valence-electron chi connectivity index (χ0n) is 16.6. The molecule has 4 N–H and O–H groups in total. The van der Waals surface area contributed by atoms with Gasteiger partial charge in [-0.3, -0.25) is 0 Å². The molecule has 1 amide bonds. The largest absolute Gasteiger partial charge is 0.449 e. The van der Waals surface area contributed by atoms with Crippen LogP contribution in [-0.4, -0.2) is 34.2 Å². The summed E-state index contributed by atoms with van der Waals surface area (Å²) in [5.74, 6) is 6.27. The van der Waals surface area contributed by atoms with Crippen LogP contribution in [0.5, 0.6) is 0 Å². The van der Waals surface area contributed by atoms with Gasteiger partial charge in [-0.15, -0.1) is 0 Å². The van der Waals surface area contributed by atoms with Crippen molar-refractivity contribution in [3.63, 3.8) is 0 Å². The van der Waals surface area contributed by atoms with Gasteiger partial charge in [0.1, 0.15) is 24.4 Å². The number of benzene rings is 2. The average Bonchev–Trinajstić information content (AvgIpc) is 3.35. The van der Waals surface area contributed by atoms with Crippen LogP contribution in [0.15, 0.2) is 61.1 Å². The number of H-pyrrole nitrogens is 1. The van der Waals surface area contributed by atoms with Crippen molar-refractivity contribution in [1.29, 1.82) is 0 Å². The number of nitrogens with one attached hydrogen (secondary N) is 2. The highest BCUT2D eigenvalue weighted by Gasteiger charge is 2.28. The van der Waals surface area contributed by atoms with E-state index in [1.54, 1.807) is 6.20 Å². The van der Waals surface area contributed by atoms with Crippen LogP contribution in [0.1, 0.15) is 22.6 Å². The van der Waals surface area contributed by atoms with E-state index < -0.39 is 6.09 Å². The number of alkyl carbamates (subject to hydrolysis) is 1. The number of rotatable bonds is 3. The number of anilines is 1. The Morgan fingerprint density at radius 2 is 1.81 bits per heavy atom. The first-order valence-corrected chi connectivity index (χ1v) is 9.87. The van der Waals surface area contributed by atoms with Crippen LogP contribution in [0.2, 0.25) is 0 Å². The lowest BCUT2D eigenvalue weighted by atomic mass is 9.98. The number of nitrogens with zero attached hydrogens (tertiary/aromatic N) is 2. The van der Waals surface area contributed by atoms with Crippen molar-refractivity contribution in [1.82, 2.24) is 20.3 Å². The van der Waals surface area contributed by atoms with Crippen LogP contribution in [-0.2, 0) is 4.74 Å². The number of aromatic nitrogens is 3. The number of aromatic amines is 1. The molecule has 0 saturated carbocycles. The van der Waals surface area contributed by atoms with Crippen molar-refractivity contribution >= 4 is 22.9 Å². The Kier molecular flexibility index (Phi) is 4.73. The van der Waals surface area contributed by atoms with Crippen LogP contribution in [0.4, 0.5) is 10.6 Å². The Morgan fingerprint density at radius 1 is 1.10 bits per heavy atom. The minimum absolute atomic E-state index is 0.0263. The minimum atomic E-state index is -0.502.